The predicted molar refractivity (Wildman–Crippen MR) is 48.3 cm³/mol. The van der Waals surface area contributed by atoms with Crippen LogP contribution in [0.15, 0.2) is 24.9 Å². The van der Waals surface area contributed by atoms with Gasteiger partial charge in [0.1, 0.15) is 0 Å². The molecule has 1 heteroatoms. The number of aromatic nitrogens is 1. The minimum absolute atomic E-state index is 0.968. The second kappa shape index (κ2) is 3.91. The van der Waals surface area contributed by atoms with Crippen molar-refractivity contribution >= 4 is 6.08 Å². The van der Waals surface area contributed by atoms with Crippen LogP contribution in [-0.4, -0.2) is 4.98 Å². The summed E-state index contributed by atoms with van der Waals surface area (Å²) in [7, 11) is 0. The predicted octanol–water partition coefficient (Wildman–Crippen LogP) is 2.68. The van der Waals surface area contributed by atoms with Crippen molar-refractivity contribution in [3.63, 3.8) is 0 Å². The Morgan fingerprint density at radius 1 is 1.64 bits per heavy atom. The van der Waals surface area contributed by atoms with Gasteiger partial charge in [-0.05, 0) is 30.2 Å². The van der Waals surface area contributed by atoms with Crippen molar-refractivity contribution < 1.29 is 0 Å². The molecule has 0 N–H and O–H groups in total. The fourth-order valence-corrected chi connectivity index (χ4v) is 1.05. The van der Waals surface area contributed by atoms with Gasteiger partial charge in [0.05, 0.1) is 5.69 Å². The third kappa shape index (κ3) is 2.19. The zero-order chi connectivity index (χ0) is 8.10. The molecule has 0 fully saturated rings. The first kappa shape index (κ1) is 7.99. The van der Waals surface area contributed by atoms with Gasteiger partial charge in [0.25, 0.3) is 0 Å². The lowest BCUT2D eigenvalue weighted by Gasteiger charge is -1.97. The van der Waals surface area contributed by atoms with E-state index in [1.54, 1.807) is 6.08 Å². The molecular weight excluding hydrogens is 134 g/mol. The van der Waals surface area contributed by atoms with Crippen LogP contribution in [0, 0.1) is 0 Å². The minimum atomic E-state index is 0.968. The van der Waals surface area contributed by atoms with E-state index in [1.807, 2.05) is 6.20 Å². The Bertz CT molecular complexity index is 240. The molecule has 0 unspecified atom stereocenters. The van der Waals surface area contributed by atoms with Gasteiger partial charge in [0.15, 0.2) is 0 Å². The Labute approximate surface area is 67.8 Å². The molecule has 0 saturated heterocycles. The van der Waals surface area contributed by atoms with Gasteiger partial charge in [0.2, 0.25) is 0 Å². The highest BCUT2D eigenvalue weighted by molar-refractivity contribution is 5.42. The highest BCUT2D eigenvalue weighted by Crippen LogP contribution is 2.04. The van der Waals surface area contributed by atoms with E-state index in [1.165, 1.54) is 12.0 Å². The van der Waals surface area contributed by atoms with Crippen molar-refractivity contribution in [2.45, 2.75) is 19.8 Å². The van der Waals surface area contributed by atoms with E-state index < -0.39 is 0 Å². The average molecular weight is 147 g/mol. The van der Waals surface area contributed by atoms with Crippen LogP contribution >= 0.6 is 0 Å². The second-order valence-corrected chi connectivity index (χ2v) is 2.54. The summed E-state index contributed by atoms with van der Waals surface area (Å²) in [4.78, 5) is 4.12. The van der Waals surface area contributed by atoms with E-state index >= 15 is 0 Å². The molecule has 1 aromatic rings. The third-order valence-corrected chi connectivity index (χ3v) is 1.59. The molecule has 0 atom stereocenters. The lowest BCUT2D eigenvalue weighted by Crippen LogP contribution is -1.86. The molecule has 0 aliphatic carbocycles. The second-order valence-electron chi connectivity index (χ2n) is 2.54. The summed E-state index contributed by atoms with van der Waals surface area (Å²) in [6, 6.07) is 4.13. The molecule has 11 heavy (non-hydrogen) atoms. The van der Waals surface area contributed by atoms with E-state index in [2.05, 4.69) is 30.6 Å². The van der Waals surface area contributed by atoms with Crippen LogP contribution in [-0.2, 0) is 6.42 Å². The topological polar surface area (TPSA) is 12.9 Å². The Morgan fingerprint density at radius 2 is 2.45 bits per heavy atom. The van der Waals surface area contributed by atoms with Gasteiger partial charge in [-0.3, -0.25) is 4.98 Å². The van der Waals surface area contributed by atoms with Crippen LogP contribution in [0.25, 0.3) is 6.08 Å². The molecule has 58 valence electrons. The minimum Gasteiger partial charge on any atom is -0.257 e. The van der Waals surface area contributed by atoms with Gasteiger partial charge in [-0.1, -0.05) is 19.9 Å². The number of aryl methyl sites for hydroxylation is 1. The fourth-order valence-electron chi connectivity index (χ4n) is 1.05. The standard InChI is InChI=1S/C10H13N/c1-3-5-9-6-7-11-10(4-2)8-9/h4,6-8H,2-3,5H2,1H3. The van der Waals surface area contributed by atoms with Crippen molar-refractivity contribution in [3.05, 3.63) is 36.2 Å². The maximum Gasteiger partial charge on any atom is 0.0626 e. The summed E-state index contributed by atoms with van der Waals surface area (Å²) in [6.07, 6.45) is 5.92. The summed E-state index contributed by atoms with van der Waals surface area (Å²) in [5.41, 5.74) is 2.31. The van der Waals surface area contributed by atoms with E-state index in [-0.39, 0.29) is 0 Å². The van der Waals surface area contributed by atoms with E-state index in [9.17, 15) is 0 Å². The van der Waals surface area contributed by atoms with Crippen LogP contribution in [0.4, 0.5) is 0 Å². The molecule has 0 spiro atoms. The normalized spacial score (nSPS) is 9.55. The number of hydrogen-bond acceptors (Lipinski definition) is 1. The maximum atomic E-state index is 4.12. The van der Waals surface area contributed by atoms with Crippen molar-refractivity contribution in [3.8, 4) is 0 Å². The van der Waals surface area contributed by atoms with Crippen LogP contribution in [0.3, 0.4) is 0 Å². The van der Waals surface area contributed by atoms with Crippen molar-refractivity contribution in [2.24, 2.45) is 0 Å². The zero-order valence-electron chi connectivity index (χ0n) is 6.88. The lowest BCUT2D eigenvalue weighted by molar-refractivity contribution is 0.917. The van der Waals surface area contributed by atoms with Gasteiger partial charge >= 0.3 is 0 Å². The smallest absolute Gasteiger partial charge is 0.0626 e. The highest BCUT2D eigenvalue weighted by atomic mass is 14.6. The quantitative estimate of drug-likeness (QED) is 0.640. The lowest BCUT2D eigenvalue weighted by atomic mass is 10.1. The monoisotopic (exact) mass is 147 g/mol. The molecule has 0 amide bonds. The molecule has 1 aromatic heterocycles. The van der Waals surface area contributed by atoms with Gasteiger partial charge in [-0.25, -0.2) is 0 Å². The molecule has 0 aromatic carbocycles. The van der Waals surface area contributed by atoms with Gasteiger partial charge in [-0.15, -0.1) is 0 Å². The maximum absolute atomic E-state index is 4.12. The first-order chi connectivity index (χ1) is 5.36. The first-order valence-electron chi connectivity index (χ1n) is 3.94. The summed E-state index contributed by atoms with van der Waals surface area (Å²) >= 11 is 0. The van der Waals surface area contributed by atoms with Crippen molar-refractivity contribution in [1.29, 1.82) is 0 Å². The highest BCUT2D eigenvalue weighted by Gasteiger charge is 1.91. The van der Waals surface area contributed by atoms with Gasteiger partial charge < -0.3 is 0 Å². The molecule has 0 bridgehead atoms. The number of nitrogens with zero attached hydrogens (tertiary/aromatic N) is 1. The summed E-state index contributed by atoms with van der Waals surface area (Å²) in [5.74, 6) is 0. The Hall–Kier alpha value is -1.11. The molecule has 0 aliphatic heterocycles. The Balaban J connectivity index is 2.82. The largest absolute Gasteiger partial charge is 0.257 e. The number of pyridine rings is 1. The van der Waals surface area contributed by atoms with Gasteiger partial charge in [-0.2, -0.15) is 0 Å². The van der Waals surface area contributed by atoms with Crippen LogP contribution < -0.4 is 0 Å². The summed E-state index contributed by atoms with van der Waals surface area (Å²) in [5, 5.41) is 0. The van der Waals surface area contributed by atoms with Crippen LogP contribution in [0.1, 0.15) is 24.6 Å². The van der Waals surface area contributed by atoms with E-state index in [4.69, 9.17) is 0 Å². The summed E-state index contributed by atoms with van der Waals surface area (Å²) in [6.45, 7) is 5.84. The Kier molecular flexibility index (Phi) is 2.84. The third-order valence-electron chi connectivity index (χ3n) is 1.59. The van der Waals surface area contributed by atoms with Crippen molar-refractivity contribution in [1.82, 2.24) is 4.98 Å². The van der Waals surface area contributed by atoms with E-state index in [0.717, 1.165) is 12.1 Å². The molecule has 1 nitrogen and oxygen atoms in total. The Morgan fingerprint density at radius 3 is 3.09 bits per heavy atom. The molecule has 0 aliphatic rings. The first-order valence-corrected chi connectivity index (χ1v) is 3.94. The zero-order valence-corrected chi connectivity index (χ0v) is 6.88. The average Bonchev–Trinajstić information content (AvgIpc) is 2.06. The molecule has 1 rings (SSSR count). The molecular formula is C10H13N. The van der Waals surface area contributed by atoms with Crippen LogP contribution in [0.5, 0.6) is 0 Å². The van der Waals surface area contributed by atoms with Crippen molar-refractivity contribution in [2.75, 3.05) is 0 Å². The number of hydrogen-bond donors (Lipinski definition) is 0. The molecule has 0 radical (unpaired) electrons. The summed E-state index contributed by atoms with van der Waals surface area (Å²) < 4.78 is 0. The van der Waals surface area contributed by atoms with E-state index in [0.29, 0.717) is 0 Å². The van der Waals surface area contributed by atoms with Crippen LogP contribution in [0.2, 0.25) is 0 Å². The van der Waals surface area contributed by atoms with Gasteiger partial charge in [0, 0.05) is 6.20 Å². The SMILES string of the molecule is C=Cc1cc(CCC)ccn1. The fraction of sp³-hybridized carbons (Fsp3) is 0.300. The number of rotatable bonds is 3. The molecule has 1 heterocycles. The molecule has 0 saturated carbocycles.